The van der Waals surface area contributed by atoms with E-state index in [1.165, 1.54) is 0 Å². The first-order valence-electron chi connectivity index (χ1n) is 10.7. The Bertz CT molecular complexity index is 1270. The van der Waals surface area contributed by atoms with E-state index in [1.54, 1.807) is 12.1 Å². The molecule has 2 aromatic carbocycles. The third kappa shape index (κ3) is 4.32. The number of rotatable bonds is 4. The highest BCUT2D eigenvalue weighted by molar-refractivity contribution is 7.91. The minimum absolute atomic E-state index is 0.110. The molecule has 0 spiro atoms. The lowest BCUT2D eigenvalue weighted by Gasteiger charge is -2.20. The van der Waals surface area contributed by atoms with Crippen LogP contribution in [0, 0.1) is 0 Å². The molecule has 5 rings (SSSR count). The number of sulfone groups is 1. The first-order chi connectivity index (χ1) is 15.4. The maximum absolute atomic E-state index is 12.9. The quantitative estimate of drug-likeness (QED) is 0.581. The van der Waals surface area contributed by atoms with Crippen molar-refractivity contribution in [1.29, 1.82) is 0 Å². The molecule has 0 radical (unpaired) electrons. The van der Waals surface area contributed by atoms with Gasteiger partial charge in [0.1, 0.15) is 4.90 Å². The first kappa shape index (κ1) is 21.6. The molecule has 3 aromatic rings. The normalized spacial score (nSPS) is 19.7. The highest BCUT2D eigenvalue weighted by Gasteiger charge is 2.31. The Morgan fingerprint density at radius 3 is 2.69 bits per heavy atom. The zero-order valence-corrected chi connectivity index (χ0v) is 18.9. The Morgan fingerprint density at radius 2 is 1.97 bits per heavy atom. The average Bonchev–Trinajstić information content (AvgIpc) is 3.20. The molecule has 1 N–H and O–H groups in total. The van der Waals surface area contributed by atoms with Crippen molar-refractivity contribution in [2.24, 2.45) is 0 Å². The second-order valence-corrected chi connectivity index (χ2v) is 10.8. The SMILES string of the molecule is O=S1(=O)CCCc2nc(-c3cccc(Cl)c3)nc(Cc3ccc(C4CCB(O)O4)cc3)c21. The fraction of sp³-hybridized carbons (Fsp3) is 0.304. The number of nitrogens with zero attached hydrogens (tertiary/aromatic N) is 2. The molecule has 3 heterocycles. The summed E-state index contributed by atoms with van der Waals surface area (Å²) in [7, 11) is -4.13. The third-order valence-electron chi connectivity index (χ3n) is 5.95. The van der Waals surface area contributed by atoms with Crippen LogP contribution >= 0.6 is 11.6 Å². The highest BCUT2D eigenvalue weighted by Crippen LogP contribution is 2.33. The van der Waals surface area contributed by atoms with Crippen molar-refractivity contribution in [3.05, 3.63) is 76.1 Å². The molecule has 1 atom stereocenters. The lowest BCUT2D eigenvalue weighted by atomic mass is 9.87. The summed E-state index contributed by atoms with van der Waals surface area (Å²) >= 11 is 6.15. The van der Waals surface area contributed by atoms with Gasteiger partial charge in [-0.25, -0.2) is 18.4 Å². The number of fused-ring (bicyclic) bond motifs is 1. The van der Waals surface area contributed by atoms with Crippen LogP contribution < -0.4 is 0 Å². The van der Waals surface area contributed by atoms with Crippen molar-refractivity contribution in [2.45, 2.75) is 43.0 Å². The van der Waals surface area contributed by atoms with E-state index in [9.17, 15) is 13.4 Å². The van der Waals surface area contributed by atoms with Gasteiger partial charge in [0.05, 0.1) is 23.2 Å². The summed E-state index contributed by atoms with van der Waals surface area (Å²) in [6.45, 7) is 0. The van der Waals surface area contributed by atoms with Gasteiger partial charge < -0.3 is 9.68 Å². The molecular weight excluding hydrogens is 447 g/mol. The average molecular weight is 469 g/mol. The number of hydrogen-bond acceptors (Lipinski definition) is 6. The minimum Gasteiger partial charge on any atom is -0.427 e. The molecule has 2 aliphatic heterocycles. The van der Waals surface area contributed by atoms with E-state index in [1.807, 2.05) is 36.4 Å². The zero-order chi connectivity index (χ0) is 22.3. The van der Waals surface area contributed by atoms with Gasteiger partial charge in [0.15, 0.2) is 15.7 Å². The Kier molecular flexibility index (Phi) is 5.80. The van der Waals surface area contributed by atoms with Crippen LogP contribution in [0.5, 0.6) is 0 Å². The molecule has 9 heteroatoms. The lowest BCUT2D eigenvalue weighted by Crippen LogP contribution is -2.21. The van der Waals surface area contributed by atoms with Crippen LogP contribution in [-0.2, 0) is 27.3 Å². The molecule has 1 aromatic heterocycles. The van der Waals surface area contributed by atoms with Gasteiger partial charge in [0.25, 0.3) is 0 Å². The van der Waals surface area contributed by atoms with Crippen molar-refractivity contribution < 1.29 is 18.1 Å². The summed E-state index contributed by atoms with van der Waals surface area (Å²) in [5, 5.41) is 10.2. The van der Waals surface area contributed by atoms with Gasteiger partial charge in [0.2, 0.25) is 0 Å². The summed E-state index contributed by atoms with van der Waals surface area (Å²) < 4.78 is 31.3. The van der Waals surface area contributed by atoms with E-state index in [2.05, 4.69) is 4.98 Å². The predicted molar refractivity (Wildman–Crippen MR) is 123 cm³/mol. The predicted octanol–water partition coefficient (Wildman–Crippen LogP) is 4.05. The van der Waals surface area contributed by atoms with E-state index < -0.39 is 17.0 Å². The van der Waals surface area contributed by atoms with E-state index in [4.69, 9.17) is 21.2 Å². The Hall–Kier alpha value is -2.26. The Labute approximate surface area is 192 Å². The van der Waals surface area contributed by atoms with Crippen LogP contribution in [0.2, 0.25) is 11.3 Å². The summed E-state index contributed by atoms with van der Waals surface area (Å²) in [5.41, 5.74) is 3.82. The van der Waals surface area contributed by atoms with Crippen molar-refractivity contribution in [3.63, 3.8) is 0 Å². The molecule has 164 valence electrons. The van der Waals surface area contributed by atoms with Crippen LogP contribution in [0.25, 0.3) is 11.4 Å². The van der Waals surface area contributed by atoms with Crippen LogP contribution in [0.1, 0.15) is 41.5 Å². The highest BCUT2D eigenvalue weighted by atomic mass is 35.5. The van der Waals surface area contributed by atoms with Gasteiger partial charge in [-0.05, 0) is 48.8 Å². The molecule has 0 amide bonds. The van der Waals surface area contributed by atoms with Crippen LogP contribution in [-0.4, -0.2) is 36.3 Å². The third-order valence-corrected chi connectivity index (χ3v) is 8.10. The summed E-state index contributed by atoms with van der Waals surface area (Å²) in [6, 6.07) is 15.1. The van der Waals surface area contributed by atoms with E-state index in [-0.39, 0.29) is 16.8 Å². The number of benzene rings is 2. The molecule has 0 bridgehead atoms. The Morgan fingerprint density at radius 1 is 1.16 bits per heavy atom. The number of hydrogen-bond donors (Lipinski definition) is 1. The largest absolute Gasteiger partial charge is 0.454 e. The second-order valence-electron chi connectivity index (χ2n) is 8.28. The van der Waals surface area contributed by atoms with Crippen LogP contribution in [0.3, 0.4) is 0 Å². The number of aromatic nitrogens is 2. The van der Waals surface area contributed by atoms with Crippen molar-refractivity contribution in [3.8, 4) is 11.4 Å². The lowest BCUT2D eigenvalue weighted by molar-refractivity contribution is 0.204. The van der Waals surface area contributed by atoms with Gasteiger partial charge in [0, 0.05) is 17.0 Å². The van der Waals surface area contributed by atoms with Gasteiger partial charge in [-0.3, -0.25) is 0 Å². The molecule has 32 heavy (non-hydrogen) atoms. The smallest absolute Gasteiger partial charge is 0.427 e. The fourth-order valence-electron chi connectivity index (χ4n) is 4.39. The van der Waals surface area contributed by atoms with Gasteiger partial charge in [-0.1, -0.05) is 48.0 Å². The van der Waals surface area contributed by atoms with Crippen molar-refractivity contribution in [2.75, 3.05) is 5.75 Å². The minimum atomic E-state index is -3.43. The van der Waals surface area contributed by atoms with Gasteiger partial charge in [-0.2, -0.15) is 0 Å². The second kappa shape index (κ2) is 8.59. The zero-order valence-electron chi connectivity index (χ0n) is 17.4. The van der Waals surface area contributed by atoms with Crippen molar-refractivity contribution >= 4 is 28.6 Å². The topological polar surface area (TPSA) is 89.4 Å². The molecular formula is C23H22BClN2O4S. The van der Waals surface area contributed by atoms with Gasteiger partial charge >= 0.3 is 7.12 Å². The summed E-state index contributed by atoms with van der Waals surface area (Å²) in [5.74, 6) is 0.607. The number of halogens is 1. The van der Waals surface area contributed by atoms with Gasteiger partial charge in [-0.15, -0.1) is 0 Å². The van der Waals surface area contributed by atoms with E-state index >= 15 is 0 Å². The van der Waals surface area contributed by atoms with E-state index in [0.29, 0.717) is 47.8 Å². The maximum atomic E-state index is 12.9. The monoisotopic (exact) mass is 468 g/mol. The molecule has 1 fully saturated rings. The Balaban J connectivity index is 1.53. The molecule has 0 aliphatic carbocycles. The van der Waals surface area contributed by atoms with Crippen LogP contribution in [0.15, 0.2) is 53.4 Å². The summed E-state index contributed by atoms with van der Waals surface area (Å²) in [4.78, 5) is 9.58. The van der Waals surface area contributed by atoms with Crippen molar-refractivity contribution in [1.82, 2.24) is 9.97 Å². The fourth-order valence-corrected chi connectivity index (χ4v) is 6.30. The molecule has 2 aliphatic rings. The standard InChI is InChI=1S/C23H22BClN2O4S/c25-18-4-1-3-17(14-18)23-26-19-5-2-12-32(29,30)22(19)20(27-23)13-15-6-8-16(9-7-15)21-10-11-24(28)31-21/h1,3-4,6-9,14,21,28H,2,5,10-13H2. The molecule has 1 unspecified atom stereocenters. The van der Waals surface area contributed by atoms with E-state index in [0.717, 1.165) is 23.1 Å². The first-order valence-corrected chi connectivity index (χ1v) is 12.7. The molecule has 1 saturated heterocycles. The maximum Gasteiger partial charge on any atom is 0.454 e. The van der Waals surface area contributed by atoms with Crippen LogP contribution in [0.4, 0.5) is 0 Å². The summed E-state index contributed by atoms with van der Waals surface area (Å²) in [6.07, 6.45) is 2.85. The molecule has 0 saturated carbocycles. The number of aryl methyl sites for hydroxylation is 1. The molecule has 6 nitrogen and oxygen atoms in total.